The number of nitrogens with zero attached hydrogens (tertiary/aromatic N) is 1. The van der Waals surface area contributed by atoms with Crippen molar-refractivity contribution in [2.45, 2.75) is 25.9 Å². The number of aryl methyl sites for hydroxylation is 1. The molecule has 1 rings (SSSR count). The van der Waals surface area contributed by atoms with Crippen molar-refractivity contribution in [2.24, 2.45) is 0 Å². The first kappa shape index (κ1) is 13.0. The summed E-state index contributed by atoms with van der Waals surface area (Å²) in [4.78, 5) is 4.39. The molecule has 0 aromatic carbocycles. The van der Waals surface area contributed by atoms with Crippen LogP contribution in [-0.2, 0) is 6.54 Å². The highest BCUT2D eigenvalue weighted by Crippen LogP contribution is 2.09. The Kier molecular flexibility index (Phi) is 6.24. The molecule has 0 aliphatic rings. The highest BCUT2D eigenvalue weighted by atomic mass is 32.2. The zero-order valence-corrected chi connectivity index (χ0v) is 10.8. The van der Waals surface area contributed by atoms with Gasteiger partial charge in [-0.3, -0.25) is 0 Å². The van der Waals surface area contributed by atoms with Crippen molar-refractivity contribution < 1.29 is 5.11 Å². The second-order valence-corrected chi connectivity index (χ2v) is 5.28. The molecule has 15 heavy (non-hydrogen) atoms. The zero-order valence-electron chi connectivity index (χ0n) is 9.19. The molecular weight excluding hydrogens is 228 g/mol. The fourth-order valence-electron chi connectivity index (χ4n) is 1.32. The molecule has 0 saturated heterocycles. The number of thioether (sulfide) groups is 1. The van der Waals surface area contributed by atoms with E-state index in [2.05, 4.69) is 21.9 Å². The van der Waals surface area contributed by atoms with Crippen LogP contribution in [0.3, 0.4) is 0 Å². The Morgan fingerprint density at radius 1 is 1.67 bits per heavy atom. The van der Waals surface area contributed by atoms with Crippen LogP contribution < -0.4 is 5.32 Å². The quantitative estimate of drug-likeness (QED) is 0.768. The highest BCUT2D eigenvalue weighted by Gasteiger charge is 2.07. The van der Waals surface area contributed by atoms with E-state index in [0.717, 1.165) is 29.4 Å². The maximum atomic E-state index is 8.90. The van der Waals surface area contributed by atoms with Gasteiger partial charge in [0.05, 0.1) is 0 Å². The van der Waals surface area contributed by atoms with Crippen molar-refractivity contribution in [3.05, 3.63) is 16.1 Å². The number of hydrogen-bond donors (Lipinski definition) is 2. The van der Waals surface area contributed by atoms with Crippen molar-refractivity contribution >= 4 is 23.1 Å². The molecule has 1 aromatic heterocycles. The Bertz CT molecular complexity index is 272. The minimum Gasteiger partial charge on any atom is -0.396 e. The SMILES string of the molecule is CSCC(CCO)NCc1nc(C)cs1. The van der Waals surface area contributed by atoms with Crippen LogP contribution in [0.1, 0.15) is 17.1 Å². The summed E-state index contributed by atoms with van der Waals surface area (Å²) in [6.45, 7) is 3.06. The van der Waals surface area contributed by atoms with Crippen molar-refractivity contribution in [1.82, 2.24) is 10.3 Å². The van der Waals surface area contributed by atoms with Gasteiger partial charge < -0.3 is 10.4 Å². The Hall–Kier alpha value is -0.100. The third-order valence-corrected chi connectivity index (χ3v) is 3.76. The zero-order chi connectivity index (χ0) is 11.1. The van der Waals surface area contributed by atoms with Gasteiger partial charge in [-0.2, -0.15) is 11.8 Å². The second-order valence-electron chi connectivity index (χ2n) is 3.43. The van der Waals surface area contributed by atoms with E-state index in [1.807, 2.05) is 6.92 Å². The number of aliphatic hydroxyl groups is 1. The minimum absolute atomic E-state index is 0.245. The van der Waals surface area contributed by atoms with Crippen LogP contribution in [0, 0.1) is 6.92 Å². The maximum absolute atomic E-state index is 8.90. The van der Waals surface area contributed by atoms with Crippen LogP contribution >= 0.6 is 23.1 Å². The van der Waals surface area contributed by atoms with Gasteiger partial charge in [0.25, 0.3) is 0 Å². The highest BCUT2D eigenvalue weighted by molar-refractivity contribution is 7.98. The number of thiazole rings is 1. The van der Waals surface area contributed by atoms with Crippen LogP contribution in [0.15, 0.2) is 5.38 Å². The lowest BCUT2D eigenvalue weighted by Crippen LogP contribution is -2.31. The van der Waals surface area contributed by atoms with E-state index < -0.39 is 0 Å². The van der Waals surface area contributed by atoms with E-state index in [-0.39, 0.29) is 6.61 Å². The summed E-state index contributed by atoms with van der Waals surface area (Å²) in [5.74, 6) is 1.03. The Morgan fingerprint density at radius 3 is 3.00 bits per heavy atom. The van der Waals surface area contributed by atoms with E-state index in [0.29, 0.717) is 6.04 Å². The topological polar surface area (TPSA) is 45.1 Å². The summed E-state index contributed by atoms with van der Waals surface area (Å²) >= 11 is 3.48. The van der Waals surface area contributed by atoms with Gasteiger partial charge in [0.2, 0.25) is 0 Å². The molecule has 0 aliphatic carbocycles. The van der Waals surface area contributed by atoms with E-state index in [1.165, 1.54) is 0 Å². The molecule has 2 N–H and O–H groups in total. The second kappa shape index (κ2) is 7.22. The fraction of sp³-hybridized carbons (Fsp3) is 0.700. The molecule has 0 fully saturated rings. The summed E-state index contributed by atoms with van der Waals surface area (Å²) in [6.07, 6.45) is 2.89. The molecule has 0 radical (unpaired) electrons. The molecule has 1 aromatic rings. The van der Waals surface area contributed by atoms with E-state index in [1.54, 1.807) is 23.1 Å². The number of hydrogen-bond acceptors (Lipinski definition) is 5. The summed E-state index contributed by atoms with van der Waals surface area (Å²) in [5, 5.41) is 15.5. The van der Waals surface area contributed by atoms with Crippen molar-refractivity contribution in [2.75, 3.05) is 18.6 Å². The molecule has 1 atom stereocenters. The normalized spacial score (nSPS) is 13.0. The molecule has 0 saturated carbocycles. The molecule has 0 bridgehead atoms. The lowest BCUT2D eigenvalue weighted by atomic mass is 10.2. The molecule has 5 heteroatoms. The van der Waals surface area contributed by atoms with Gasteiger partial charge >= 0.3 is 0 Å². The van der Waals surface area contributed by atoms with Crippen LogP contribution in [0.4, 0.5) is 0 Å². The van der Waals surface area contributed by atoms with Crippen LogP contribution in [0.5, 0.6) is 0 Å². The van der Waals surface area contributed by atoms with E-state index >= 15 is 0 Å². The van der Waals surface area contributed by atoms with Gasteiger partial charge in [0.1, 0.15) is 5.01 Å². The first-order chi connectivity index (χ1) is 7.26. The number of aliphatic hydroxyl groups excluding tert-OH is 1. The fourth-order valence-corrected chi connectivity index (χ4v) is 2.73. The maximum Gasteiger partial charge on any atom is 0.107 e. The monoisotopic (exact) mass is 246 g/mol. The summed E-state index contributed by atoms with van der Waals surface area (Å²) in [6, 6.07) is 0.384. The third kappa shape index (κ3) is 4.97. The summed E-state index contributed by atoms with van der Waals surface area (Å²) in [5.41, 5.74) is 1.08. The smallest absolute Gasteiger partial charge is 0.107 e. The molecule has 0 aliphatic heterocycles. The Labute approximate surface area is 99.3 Å². The molecular formula is C10H18N2OS2. The minimum atomic E-state index is 0.245. The van der Waals surface area contributed by atoms with Crippen LogP contribution in [0.2, 0.25) is 0 Å². The van der Waals surface area contributed by atoms with Crippen LogP contribution in [0.25, 0.3) is 0 Å². The van der Waals surface area contributed by atoms with Gasteiger partial charge in [0.15, 0.2) is 0 Å². The molecule has 1 unspecified atom stereocenters. The van der Waals surface area contributed by atoms with E-state index in [4.69, 9.17) is 5.11 Å². The first-order valence-electron chi connectivity index (χ1n) is 5.00. The lowest BCUT2D eigenvalue weighted by Gasteiger charge is -2.15. The van der Waals surface area contributed by atoms with Gasteiger partial charge in [-0.05, 0) is 19.6 Å². The molecule has 0 amide bonds. The lowest BCUT2D eigenvalue weighted by molar-refractivity contribution is 0.269. The summed E-state index contributed by atoms with van der Waals surface area (Å²) < 4.78 is 0. The number of nitrogens with one attached hydrogen (secondary N) is 1. The molecule has 86 valence electrons. The average Bonchev–Trinajstić information content (AvgIpc) is 2.61. The van der Waals surface area contributed by atoms with Crippen molar-refractivity contribution in [1.29, 1.82) is 0 Å². The largest absolute Gasteiger partial charge is 0.396 e. The van der Waals surface area contributed by atoms with Gasteiger partial charge in [-0.1, -0.05) is 0 Å². The van der Waals surface area contributed by atoms with E-state index in [9.17, 15) is 0 Å². The van der Waals surface area contributed by atoms with Gasteiger partial charge in [-0.15, -0.1) is 11.3 Å². The Balaban J connectivity index is 2.32. The predicted molar refractivity (Wildman–Crippen MR) is 67.6 cm³/mol. The van der Waals surface area contributed by atoms with Gasteiger partial charge in [0, 0.05) is 36.0 Å². The van der Waals surface area contributed by atoms with Crippen LogP contribution in [-0.4, -0.2) is 34.7 Å². The number of rotatable bonds is 7. The first-order valence-corrected chi connectivity index (χ1v) is 7.27. The Morgan fingerprint density at radius 2 is 2.47 bits per heavy atom. The van der Waals surface area contributed by atoms with Gasteiger partial charge in [-0.25, -0.2) is 4.98 Å². The predicted octanol–water partition coefficient (Wildman–Crippen LogP) is 1.66. The third-order valence-electron chi connectivity index (χ3n) is 2.05. The standard InChI is InChI=1S/C10H18N2OS2/c1-8-6-15-10(12-8)5-11-9(3-4-13)7-14-2/h6,9,11,13H,3-5,7H2,1-2H3. The molecule has 3 nitrogen and oxygen atoms in total. The number of aromatic nitrogens is 1. The average molecular weight is 246 g/mol. The van der Waals surface area contributed by atoms with Crippen molar-refractivity contribution in [3.63, 3.8) is 0 Å². The van der Waals surface area contributed by atoms with Crippen molar-refractivity contribution in [3.8, 4) is 0 Å². The summed E-state index contributed by atoms with van der Waals surface area (Å²) in [7, 11) is 0. The molecule has 1 heterocycles. The molecule has 0 spiro atoms.